The van der Waals surface area contributed by atoms with Gasteiger partial charge >= 0.3 is 24.8 Å². The molecule has 0 saturated heterocycles. The summed E-state index contributed by atoms with van der Waals surface area (Å²) in [5, 5.41) is 19.1. The van der Waals surface area contributed by atoms with Crippen molar-refractivity contribution in [3.8, 4) is 0 Å². The quantitative estimate of drug-likeness (QED) is 0.289. The maximum absolute atomic E-state index is 10.5. The first kappa shape index (κ1) is 15.0. The molecule has 0 unspecified atom stereocenters. The molecule has 0 fully saturated rings. The Balaban J connectivity index is 0. The monoisotopic (exact) mass is 179 g/mol. The molecule has 1 N–H and O–H groups in total. The van der Waals surface area contributed by atoms with Gasteiger partial charge in [-0.2, -0.15) is 0 Å². The molecule has 0 aliphatic carbocycles. The third-order valence-corrected chi connectivity index (χ3v) is 1.32. The molecular formula is C8H14LiNO3. The molecule has 0 aromatic heterocycles. The van der Waals surface area contributed by atoms with E-state index in [9.17, 15) is 9.90 Å². The molecule has 0 bridgehead atoms. The molecule has 1 atom stereocenters. The van der Waals surface area contributed by atoms with Crippen molar-refractivity contribution in [2.75, 3.05) is 0 Å². The Morgan fingerprint density at radius 2 is 2.00 bits per heavy atom. The van der Waals surface area contributed by atoms with Crippen molar-refractivity contribution in [3.63, 3.8) is 0 Å². The first-order chi connectivity index (χ1) is 5.43. The van der Waals surface area contributed by atoms with Gasteiger partial charge in [0.2, 0.25) is 0 Å². The fourth-order valence-electron chi connectivity index (χ4n) is 0.875. The molecule has 0 spiro atoms. The Hall–Kier alpha value is -0.463. The summed E-state index contributed by atoms with van der Waals surface area (Å²) in [6.07, 6.45) is 0.412. The van der Waals surface area contributed by atoms with E-state index in [1.807, 2.05) is 13.8 Å². The second-order valence-corrected chi connectivity index (χ2v) is 3.13. The summed E-state index contributed by atoms with van der Waals surface area (Å²) in [6, 6.07) is -0.873. The average molecular weight is 179 g/mol. The van der Waals surface area contributed by atoms with E-state index in [0.29, 0.717) is 6.42 Å². The SMILES string of the molecule is CC([O-])=N[C@@H](CC(C)C)C(=O)O.[Li+]. The zero-order valence-corrected chi connectivity index (χ0v) is 8.57. The van der Waals surface area contributed by atoms with Crippen molar-refractivity contribution in [2.24, 2.45) is 10.9 Å². The number of rotatable bonds is 4. The molecule has 0 amide bonds. The van der Waals surface area contributed by atoms with Crippen LogP contribution >= 0.6 is 0 Å². The first-order valence-corrected chi connectivity index (χ1v) is 3.87. The van der Waals surface area contributed by atoms with Gasteiger partial charge in [0.1, 0.15) is 6.04 Å². The van der Waals surface area contributed by atoms with Gasteiger partial charge in [0.05, 0.1) is 0 Å². The summed E-state index contributed by atoms with van der Waals surface area (Å²) in [5.41, 5.74) is 0. The van der Waals surface area contributed by atoms with Crippen LogP contribution in [-0.4, -0.2) is 23.0 Å². The van der Waals surface area contributed by atoms with Crippen LogP contribution in [0.5, 0.6) is 0 Å². The van der Waals surface area contributed by atoms with Crippen molar-refractivity contribution in [3.05, 3.63) is 0 Å². The fraction of sp³-hybridized carbons (Fsp3) is 0.750. The summed E-state index contributed by atoms with van der Waals surface area (Å²) >= 11 is 0. The van der Waals surface area contributed by atoms with Gasteiger partial charge in [-0.05, 0) is 25.2 Å². The molecule has 13 heavy (non-hydrogen) atoms. The maximum Gasteiger partial charge on any atom is 1.00 e. The zero-order valence-electron chi connectivity index (χ0n) is 8.57. The Morgan fingerprint density at radius 3 is 2.23 bits per heavy atom. The van der Waals surface area contributed by atoms with E-state index in [2.05, 4.69) is 4.99 Å². The molecular weight excluding hydrogens is 165 g/mol. The number of carbonyl (C=O) groups is 1. The van der Waals surface area contributed by atoms with Crippen LogP contribution in [0.15, 0.2) is 4.99 Å². The second kappa shape index (κ2) is 6.99. The standard InChI is InChI=1S/C8H15NO3.Li/c1-5(2)4-7(8(11)12)9-6(3)10;/h5,7H,4H2,1-3H3,(H,9,10)(H,11,12);/q;+1/p-1/t7-;/m0./s1. The Bertz CT molecular complexity index is 188. The number of hydrogen-bond acceptors (Lipinski definition) is 3. The van der Waals surface area contributed by atoms with Crippen LogP contribution in [-0.2, 0) is 4.79 Å². The molecule has 0 heterocycles. The molecule has 0 radical (unpaired) electrons. The van der Waals surface area contributed by atoms with E-state index < -0.39 is 17.9 Å². The summed E-state index contributed by atoms with van der Waals surface area (Å²) in [7, 11) is 0. The van der Waals surface area contributed by atoms with Crippen LogP contribution in [0.3, 0.4) is 0 Å². The average Bonchev–Trinajstić information content (AvgIpc) is 1.83. The molecule has 70 valence electrons. The van der Waals surface area contributed by atoms with Crippen LogP contribution in [0, 0.1) is 5.92 Å². The number of carboxylic acid groups (broad SMARTS) is 1. The predicted octanol–water partition coefficient (Wildman–Crippen LogP) is -2.73. The van der Waals surface area contributed by atoms with E-state index in [-0.39, 0.29) is 24.8 Å². The van der Waals surface area contributed by atoms with Gasteiger partial charge in [0, 0.05) is 0 Å². The van der Waals surface area contributed by atoms with Gasteiger partial charge < -0.3 is 10.2 Å². The zero-order chi connectivity index (χ0) is 9.72. The summed E-state index contributed by atoms with van der Waals surface area (Å²) in [5.74, 6) is -1.23. The maximum atomic E-state index is 10.5. The third-order valence-electron chi connectivity index (χ3n) is 1.32. The van der Waals surface area contributed by atoms with Crippen molar-refractivity contribution >= 4 is 11.9 Å². The van der Waals surface area contributed by atoms with Gasteiger partial charge in [-0.1, -0.05) is 13.8 Å². The van der Waals surface area contributed by atoms with Gasteiger partial charge in [0.25, 0.3) is 0 Å². The topological polar surface area (TPSA) is 72.7 Å². The normalized spacial score (nSPS) is 13.7. The number of carboxylic acids is 1. The Kier molecular flexibility index (Phi) is 8.08. The number of aliphatic imine (C=N–C) groups is 1. The molecule has 0 aliphatic rings. The van der Waals surface area contributed by atoms with Gasteiger partial charge in [-0.3, -0.25) is 4.99 Å². The van der Waals surface area contributed by atoms with E-state index in [1.54, 1.807) is 0 Å². The smallest absolute Gasteiger partial charge is 0.862 e. The Labute approximate surface area is 90.2 Å². The minimum atomic E-state index is -1.03. The summed E-state index contributed by atoms with van der Waals surface area (Å²) in [6.45, 7) is 5.05. The third kappa shape index (κ3) is 7.88. The summed E-state index contributed by atoms with van der Waals surface area (Å²) < 4.78 is 0. The minimum absolute atomic E-state index is 0. The van der Waals surface area contributed by atoms with E-state index in [1.165, 1.54) is 6.92 Å². The van der Waals surface area contributed by atoms with Gasteiger partial charge in [-0.15, -0.1) is 0 Å². The van der Waals surface area contributed by atoms with Crippen LogP contribution in [0.25, 0.3) is 0 Å². The van der Waals surface area contributed by atoms with E-state index in [4.69, 9.17) is 5.11 Å². The van der Waals surface area contributed by atoms with Crippen molar-refractivity contribution < 1.29 is 33.9 Å². The van der Waals surface area contributed by atoms with Crippen molar-refractivity contribution in [1.82, 2.24) is 0 Å². The molecule has 4 nitrogen and oxygen atoms in total. The molecule has 0 rings (SSSR count). The predicted molar refractivity (Wildman–Crippen MR) is 44.0 cm³/mol. The first-order valence-electron chi connectivity index (χ1n) is 3.87. The van der Waals surface area contributed by atoms with E-state index >= 15 is 0 Å². The Morgan fingerprint density at radius 1 is 1.54 bits per heavy atom. The molecule has 0 aromatic carbocycles. The van der Waals surface area contributed by atoms with Crippen LogP contribution in [0.4, 0.5) is 0 Å². The molecule has 0 saturated carbocycles. The number of hydrogen-bond donors (Lipinski definition) is 1. The second-order valence-electron chi connectivity index (χ2n) is 3.13. The van der Waals surface area contributed by atoms with Crippen molar-refractivity contribution in [1.29, 1.82) is 0 Å². The van der Waals surface area contributed by atoms with E-state index in [0.717, 1.165) is 0 Å². The van der Waals surface area contributed by atoms with Gasteiger partial charge in [-0.25, -0.2) is 4.79 Å². The van der Waals surface area contributed by atoms with Crippen molar-refractivity contribution in [2.45, 2.75) is 33.2 Å². The minimum Gasteiger partial charge on any atom is -0.862 e. The van der Waals surface area contributed by atoms with Crippen LogP contribution in [0.2, 0.25) is 0 Å². The number of aliphatic carboxylic acids is 1. The molecule has 0 aliphatic heterocycles. The fourth-order valence-corrected chi connectivity index (χ4v) is 0.875. The van der Waals surface area contributed by atoms with Crippen LogP contribution in [0.1, 0.15) is 27.2 Å². The largest absolute Gasteiger partial charge is 1.00 e. The molecule has 5 heteroatoms. The van der Waals surface area contributed by atoms with Gasteiger partial charge in [0.15, 0.2) is 0 Å². The molecule has 0 aromatic rings. The summed E-state index contributed by atoms with van der Waals surface area (Å²) in [4.78, 5) is 14.0. The van der Waals surface area contributed by atoms with Crippen LogP contribution < -0.4 is 24.0 Å². The number of nitrogens with zero attached hydrogens (tertiary/aromatic N) is 1.